The van der Waals surface area contributed by atoms with E-state index >= 15 is 0 Å². The van der Waals surface area contributed by atoms with Crippen molar-refractivity contribution in [2.75, 3.05) is 0 Å². The van der Waals surface area contributed by atoms with Crippen LogP contribution in [0.3, 0.4) is 0 Å². The van der Waals surface area contributed by atoms with E-state index < -0.39 is 16.6 Å². The molecule has 2 aromatic carbocycles. The highest BCUT2D eigenvalue weighted by Crippen LogP contribution is 2.32. The summed E-state index contributed by atoms with van der Waals surface area (Å²) in [5.41, 5.74) is 1.39. The molecular formula is C20H18N3O2S+. The second-order valence-electron chi connectivity index (χ2n) is 6.17. The van der Waals surface area contributed by atoms with Gasteiger partial charge in [-0.3, -0.25) is 0 Å². The molecule has 3 rings (SSSR count). The lowest BCUT2D eigenvalue weighted by atomic mass is 9.84. The second kappa shape index (κ2) is 7.56. The first-order valence-corrected chi connectivity index (χ1v) is 9.25. The standard InChI is InChI=1S/C20H18N3O2S/c1-20(2,16-9-11-17(12-10-16)26(24)14-6-13-21)19-23-22-18(25-19)15-7-4-3-5-8-15/h3-12,14,24H,1-2H3/q+1/b14-6+. The van der Waals surface area contributed by atoms with Crippen LogP contribution in [0.2, 0.25) is 0 Å². The average Bonchev–Trinajstić information content (AvgIpc) is 3.18. The molecule has 0 radical (unpaired) electrons. The van der Waals surface area contributed by atoms with Crippen molar-refractivity contribution in [2.45, 2.75) is 24.2 Å². The van der Waals surface area contributed by atoms with Crippen LogP contribution in [0, 0.1) is 11.3 Å². The van der Waals surface area contributed by atoms with Gasteiger partial charge in [0.05, 0.1) is 17.6 Å². The van der Waals surface area contributed by atoms with Crippen molar-refractivity contribution in [3.63, 3.8) is 0 Å². The number of rotatable bonds is 5. The zero-order valence-corrected chi connectivity index (χ0v) is 15.3. The number of hydrogen-bond acceptors (Lipinski definition) is 5. The van der Waals surface area contributed by atoms with E-state index in [1.54, 1.807) is 0 Å². The van der Waals surface area contributed by atoms with E-state index in [0.29, 0.717) is 11.8 Å². The van der Waals surface area contributed by atoms with E-state index in [1.807, 2.05) is 74.5 Å². The van der Waals surface area contributed by atoms with Gasteiger partial charge in [-0.25, -0.2) is 0 Å². The molecule has 0 aliphatic rings. The largest absolute Gasteiger partial charge is 0.420 e. The Bertz CT molecular complexity index is 941. The minimum absolute atomic E-state index is 0.477. The van der Waals surface area contributed by atoms with Crippen molar-refractivity contribution < 1.29 is 8.97 Å². The van der Waals surface area contributed by atoms with Gasteiger partial charge in [0.15, 0.2) is 10.3 Å². The zero-order chi connectivity index (χ0) is 18.6. The zero-order valence-electron chi connectivity index (χ0n) is 14.5. The fourth-order valence-corrected chi connectivity index (χ4v) is 3.24. The van der Waals surface area contributed by atoms with E-state index in [4.69, 9.17) is 9.68 Å². The minimum Gasteiger partial charge on any atom is -0.420 e. The van der Waals surface area contributed by atoms with Gasteiger partial charge in [0, 0.05) is 5.56 Å². The number of nitrogens with zero attached hydrogens (tertiary/aromatic N) is 3. The van der Waals surface area contributed by atoms with Crippen LogP contribution in [0.5, 0.6) is 0 Å². The van der Waals surface area contributed by atoms with Crippen LogP contribution in [-0.2, 0) is 16.6 Å². The van der Waals surface area contributed by atoms with Crippen LogP contribution in [0.25, 0.3) is 11.5 Å². The Labute approximate surface area is 155 Å². The van der Waals surface area contributed by atoms with Crippen LogP contribution >= 0.6 is 0 Å². The number of aromatic nitrogens is 2. The molecule has 1 unspecified atom stereocenters. The molecule has 1 aromatic heterocycles. The first kappa shape index (κ1) is 17.9. The molecule has 1 N–H and O–H groups in total. The van der Waals surface area contributed by atoms with Crippen molar-refractivity contribution in [1.29, 1.82) is 5.26 Å². The maximum atomic E-state index is 10.0. The van der Waals surface area contributed by atoms with Gasteiger partial charge in [0.2, 0.25) is 23.0 Å². The van der Waals surface area contributed by atoms with Crippen LogP contribution in [0.4, 0.5) is 0 Å². The molecule has 1 heterocycles. The molecule has 0 aliphatic heterocycles. The summed E-state index contributed by atoms with van der Waals surface area (Å²) in [5, 5.41) is 18.4. The first-order valence-electron chi connectivity index (χ1n) is 8.01. The molecular weight excluding hydrogens is 346 g/mol. The normalized spacial score (nSPS) is 12.8. The molecule has 130 valence electrons. The Hall–Kier alpha value is -2.88. The SMILES string of the molecule is CC(C)(c1ccc([S+](O)/C=C/C#N)cc1)c1nnc(-c2ccccc2)o1. The Morgan fingerprint density at radius 3 is 2.42 bits per heavy atom. The summed E-state index contributed by atoms with van der Waals surface area (Å²) in [4.78, 5) is 0.742. The van der Waals surface area contributed by atoms with Gasteiger partial charge in [-0.1, -0.05) is 30.3 Å². The monoisotopic (exact) mass is 364 g/mol. The molecule has 3 aromatic rings. The topological polar surface area (TPSA) is 82.9 Å². The molecule has 0 saturated heterocycles. The van der Waals surface area contributed by atoms with Gasteiger partial charge in [-0.2, -0.15) is 9.81 Å². The highest BCUT2D eigenvalue weighted by Gasteiger charge is 2.30. The summed E-state index contributed by atoms with van der Waals surface area (Å²) in [7, 11) is 0. The third kappa shape index (κ3) is 3.69. The fraction of sp³-hybridized carbons (Fsp3) is 0.150. The van der Waals surface area contributed by atoms with Gasteiger partial charge in [0.1, 0.15) is 0 Å². The molecule has 0 aliphatic carbocycles. The highest BCUT2D eigenvalue weighted by atomic mass is 32.2. The molecule has 6 heteroatoms. The molecule has 26 heavy (non-hydrogen) atoms. The third-order valence-electron chi connectivity index (χ3n) is 4.07. The second-order valence-corrected chi connectivity index (χ2v) is 7.55. The third-order valence-corrected chi connectivity index (χ3v) is 5.22. The van der Waals surface area contributed by atoms with E-state index in [0.717, 1.165) is 16.0 Å². The van der Waals surface area contributed by atoms with Crippen molar-refractivity contribution in [3.05, 3.63) is 77.5 Å². The lowest BCUT2D eigenvalue weighted by Gasteiger charge is -2.20. The maximum Gasteiger partial charge on any atom is 0.247 e. The predicted molar refractivity (Wildman–Crippen MR) is 101 cm³/mol. The number of allylic oxidation sites excluding steroid dienone is 1. The molecule has 1 atom stereocenters. The summed E-state index contributed by atoms with van der Waals surface area (Å²) in [6.07, 6.45) is 1.28. The van der Waals surface area contributed by atoms with E-state index in [9.17, 15) is 4.55 Å². The molecule has 0 bridgehead atoms. The number of benzene rings is 2. The molecule has 0 amide bonds. The van der Waals surface area contributed by atoms with Crippen molar-refractivity contribution in [2.24, 2.45) is 0 Å². The molecule has 5 nitrogen and oxygen atoms in total. The Morgan fingerprint density at radius 1 is 1.08 bits per heavy atom. The first-order chi connectivity index (χ1) is 12.5. The van der Waals surface area contributed by atoms with Gasteiger partial charge >= 0.3 is 0 Å². The minimum atomic E-state index is -1.09. The van der Waals surface area contributed by atoms with Crippen LogP contribution in [0.15, 0.2) is 75.4 Å². The van der Waals surface area contributed by atoms with Crippen molar-refractivity contribution >= 4 is 11.2 Å². The summed E-state index contributed by atoms with van der Waals surface area (Å²) in [6.45, 7) is 4.02. The molecule has 0 saturated carbocycles. The average molecular weight is 364 g/mol. The van der Waals surface area contributed by atoms with Gasteiger partial charge in [-0.05, 0) is 43.7 Å². The number of nitriles is 1. The van der Waals surface area contributed by atoms with Crippen molar-refractivity contribution in [3.8, 4) is 17.5 Å². The van der Waals surface area contributed by atoms with Gasteiger partial charge in [-0.15, -0.1) is 10.2 Å². The summed E-state index contributed by atoms with van der Waals surface area (Å²) in [6, 6.07) is 19.1. The summed E-state index contributed by atoms with van der Waals surface area (Å²) in [5.74, 6) is 1.01. The summed E-state index contributed by atoms with van der Waals surface area (Å²) < 4.78 is 15.9. The van der Waals surface area contributed by atoms with Crippen LogP contribution < -0.4 is 0 Å². The predicted octanol–water partition coefficient (Wildman–Crippen LogP) is 4.55. The Kier molecular flexibility index (Phi) is 5.21. The quantitative estimate of drug-likeness (QED) is 0.530. The van der Waals surface area contributed by atoms with Crippen molar-refractivity contribution in [1.82, 2.24) is 10.2 Å². The van der Waals surface area contributed by atoms with Crippen LogP contribution in [0.1, 0.15) is 25.3 Å². The van der Waals surface area contributed by atoms with Crippen LogP contribution in [-0.4, -0.2) is 14.8 Å². The highest BCUT2D eigenvalue weighted by molar-refractivity contribution is 7.94. The Morgan fingerprint density at radius 2 is 1.77 bits per heavy atom. The smallest absolute Gasteiger partial charge is 0.247 e. The Balaban J connectivity index is 1.85. The molecule has 0 spiro atoms. The lowest BCUT2D eigenvalue weighted by molar-refractivity contribution is 0.420. The van der Waals surface area contributed by atoms with E-state index in [2.05, 4.69) is 10.2 Å². The van der Waals surface area contributed by atoms with E-state index in [-0.39, 0.29) is 0 Å². The number of hydrogen-bond donors (Lipinski definition) is 1. The van der Waals surface area contributed by atoms with Gasteiger partial charge in [0.25, 0.3) is 0 Å². The fourth-order valence-electron chi connectivity index (χ4n) is 2.48. The lowest BCUT2D eigenvalue weighted by Crippen LogP contribution is -2.19. The maximum absolute atomic E-state index is 10.0. The van der Waals surface area contributed by atoms with E-state index in [1.165, 1.54) is 11.5 Å². The van der Waals surface area contributed by atoms with Gasteiger partial charge < -0.3 is 4.42 Å². The summed E-state index contributed by atoms with van der Waals surface area (Å²) >= 11 is -1.09. The molecule has 0 fully saturated rings.